The first-order valence-electron chi connectivity index (χ1n) is 11.1. The second-order valence-corrected chi connectivity index (χ2v) is 7.95. The molecule has 0 spiro atoms. The number of hydrogen-bond donors (Lipinski definition) is 3. The van der Waals surface area contributed by atoms with Gasteiger partial charge in [-0.15, -0.1) is 0 Å². The molecule has 0 bridgehead atoms. The van der Waals surface area contributed by atoms with Crippen molar-refractivity contribution in [1.82, 2.24) is 10.6 Å². The predicted octanol–water partition coefficient (Wildman–Crippen LogP) is 3.16. The number of fused-ring (bicyclic) bond motifs is 3. The van der Waals surface area contributed by atoms with E-state index in [1.807, 2.05) is 24.3 Å². The van der Waals surface area contributed by atoms with Gasteiger partial charge in [-0.2, -0.15) is 0 Å². The van der Waals surface area contributed by atoms with Gasteiger partial charge in [-0.3, -0.25) is 9.59 Å². The molecule has 2 aromatic carbocycles. The van der Waals surface area contributed by atoms with Gasteiger partial charge in [0.05, 0.1) is 5.92 Å². The molecule has 2 amide bonds. The summed E-state index contributed by atoms with van der Waals surface area (Å²) in [6.07, 6.45) is -0.721. The minimum atomic E-state index is -0.955. The van der Waals surface area contributed by atoms with Crippen molar-refractivity contribution in [2.24, 2.45) is 5.92 Å². The van der Waals surface area contributed by atoms with Crippen molar-refractivity contribution in [2.75, 3.05) is 26.8 Å². The topological polar surface area (TPSA) is 114 Å². The number of ether oxygens (including phenoxy) is 2. The maximum atomic E-state index is 12.3. The summed E-state index contributed by atoms with van der Waals surface area (Å²) in [5, 5.41) is 14.3. The van der Waals surface area contributed by atoms with E-state index >= 15 is 0 Å². The number of hydrogen-bond acceptors (Lipinski definition) is 5. The fourth-order valence-electron chi connectivity index (χ4n) is 4.05. The van der Waals surface area contributed by atoms with Gasteiger partial charge < -0.3 is 25.2 Å². The summed E-state index contributed by atoms with van der Waals surface area (Å²) in [5.41, 5.74) is 4.58. The molecule has 33 heavy (non-hydrogen) atoms. The zero-order chi connectivity index (χ0) is 23.8. The maximum Gasteiger partial charge on any atom is 0.407 e. The van der Waals surface area contributed by atoms with Gasteiger partial charge in [0.1, 0.15) is 12.7 Å². The molecule has 1 aliphatic carbocycles. The van der Waals surface area contributed by atoms with Gasteiger partial charge >= 0.3 is 12.1 Å². The van der Waals surface area contributed by atoms with Crippen LogP contribution in [-0.4, -0.2) is 56.0 Å². The Hall–Kier alpha value is -3.39. The van der Waals surface area contributed by atoms with E-state index in [0.717, 1.165) is 22.3 Å². The van der Waals surface area contributed by atoms with Crippen LogP contribution >= 0.6 is 0 Å². The van der Waals surface area contributed by atoms with E-state index in [4.69, 9.17) is 14.6 Å². The van der Waals surface area contributed by atoms with Gasteiger partial charge in [0.25, 0.3) is 0 Å². The summed E-state index contributed by atoms with van der Waals surface area (Å²) in [6.45, 7) is 2.17. The maximum absolute atomic E-state index is 12.3. The van der Waals surface area contributed by atoms with E-state index in [1.165, 1.54) is 7.11 Å². The Morgan fingerprint density at radius 2 is 1.61 bits per heavy atom. The van der Waals surface area contributed by atoms with Crippen molar-refractivity contribution in [3.05, 3.63) is 59.7 Å². The molecule has 0 aliphatic heterocycles. The fourth-order valence-corrected chi connectivity index (χ4v) is 4.05. The number of carboxylic acid groups (broad SMARTS) is 1. The van der Waals surface area contributed by atoms with Crippen LogP contribution in [0.5, 0.6) is 0 Å². The predicted molar refractivity (Wildman–Crippen MR) is 123 cm³/mol. The number of benzene rings is 2. The molecule has 2 aromatic rings. The minimum Gasteiger partial charge on any atom is -0.481 e. The molecule has 3 rings (SSSR count). The smallest absolute Gasteiger partial charge is 0.407 e. The van der Waals surface area contributed by atoms with Crippen molar-refractivity contribution in [1.29, 1.82) is 0 Å². The van der Waals surface area contributed by atoms with Gasteiger partial charge in [-0.1, -0.05) is 55.5 Å². The Morgan fingerprint density at radius 1 is 1.00 bits per heavy atom. The van der Waals surface area contributed by atoms with E-state index in [2.05, 4.69) is 34.9 Å². The highest BCUT2D eigenvalue weighted by Gasteiger charge is 2.29. The standard InChI is InChI=1S/C25H30N2O6/c1-3-16(24(29)30)14-27-23(28)22(32-2)12-13-26-25(31)33-15-21-19-10-6-4-8-17(19)18-9-5-7-11-20(18)21/h4-11,16,21-22H,3,12-15H2,1-2H3,(H,26,31)(H,27,28)(H,29,30). The van der Waals surface area contributed by atoms with Gasteiger partial charge in [-0.25, -0.2) is 4.79 Å². The molecule has 0 fully saturated rings. The first kappa shape index (κ1) is 24.3. The molecule has 2 atom stereocenters. The number of carbonyl (C=O) groups is 3. The third-order valence-corrected chi connectivity index (χ3v) is 5.96. The van der Waals surface area contributed by atoms with Crippen LogP contribution in [0.25, 0.3) is 11.1 Å². The normalized spacial score (nSPS) is 14.0. The lowest BCUT2D eigenvalue weighted by molar-refractivity contribution is -0.142. The van der Waals surface area contributed by atoms with Crippen molar-refractivity contribution >= 4 is 18.0 Å². The molecule has 0 saturated heterocycles. The van der Waals surface area contributed by atoms with E-state index in [-0.39, 0.29) is 32.0 Å². The number of amides is 2. The molecule has 0 saturated carbocycles. The highest BCUT2D eigenvalue weighted by Crippen LogP contribution is 2.44. The highest BCUT2D eigenvalue weighted by molar-refractivity contribution is 5.82. The Labute approximate surface area is 193 Å². The highest BCUT2D eigenvalue weighted by atomic mass is 16.5. The lowest BCUT2D eigenvalue weighted by Gasteiger charge is -2.18. The van der Waals surface area contributed by atoms with E-state index < -0.39 is 30.0 Å². The van der Waals surface area contributed by atoms with Crippen molar-refractivity contribution in [3.63, 3.8) is 0 Å². The molecular formula is C25H30N2O6. The average Bonchev–Trinajstić information content (AvgIpc) is 3.14. The van der Waals surface area contributed by atoms with Gasteiger partial charge in [-0.05, 0) is 28.7 Å². The number of methoxy groups -OCH3 is 1. The Bertz CT molecular complexity index is 947. The molecule has 0 aromatic heterocycles. The molecular weight excluding hydrogens is 424 g/mol. The van der Waals surface area contributed by atoms with Gasteiger partial charge in [0, 0.05) is 32.5 Å². The summed E-state index contributed by atoms with van der Waals surface area (Å²) in [5.74, 6) is -2.04. The van der Waals surface area contributed by atoms with E-state index in [0.29, 0.717) is 6.42 Å². The molecule has 8 nitrogen and oxygen atoms in total. The molecule has 2 unspecified atom stereocenters. The van der Waals surface area contributed by atoms with Crippen molar-refractivity contribution < 1.29 is 29.0 Å². The number of alkyl carbamates (subject to hydrolysis) is 1. The van der Waals surface area contributed by atoms with Crippen molar-refractivity contribution in [2.45, 2.75) is 31.8 Å². The third-order valence-electron chi connectivity index (χ3n) is 5.96. The number of nitrogens with one attached hydrogen (secondary N) is 2. The molecule has 3 N–H and O–H groups in total. The first-order chi connectivity index (χ1) is 16.0. The zero-order valence-corrected chi connectivity index (χ0v) is 18.9. The lowest BCUT2D eigenvalue weighted by Crippen LogP contribution is -2.41. The molecule has 176 valence electrons. The number of carbonyl (C=O) groups excluding carboxylic acids is 2. The van der Waals surface area contributed by atoms with Crippen LogP contribution in [0.4, 0.5) is 4.79 Å². The lowest BCUT2D eigenvalue weighted by atomic mass is 9.98. The summed E-state index contributed by atoms with van der Waals surface area (Å²) >= 11 is 0. The average molecular weight is 455 g/mol. The number of carboxylic acids is 1. The quantitative estimate of drug-likeness (QED) is 0.481. The summed E-state index contributed by atoms with van der Waals surface area (Å²) in [4.78, 5) is 35.6. The Balaban J connectivity index is 1.46. The van der Waals surface area contributed by atoms with Crippen LogP contribution in [0.15, 0.2) is 48.5 Å². The van der Waals surface area contributed by atoms with Crippen LogP contribution in [-0.2, 0) is 19.1 Å². The Morgan fingerprint density at radius 3 is 2.15 bits per heavy atom. The zero-order valence-electron chi connectivity index (χ0n) is 18.9. The monoisotopic (exact) mass is 454 g/mol. The summed E-state index contributed by atoms with van der Waals surface area (Å²) in [6, 6.07) is 16.2. The fraction of sp³-hybridized carbons (Fsp3) is 0.400. The van der Waals surface area contributed by atoms with Crippen LogP contribution in [0.2, 0.25) is 0 Å². The molecule has 1 aliphatic rings. The van der Waals surface area contributed by atoms with Crippen LogP contribution in [0, 0.1) is 5.92 Å². The minimum absolute atomic E-state index is 0.0265. The van der Waals surface area contributed by atoms with Crippen LogP contribution in [0.3, 0.4) is 0 Å². The third kappa shape index (κ3) is 5.90. The van der Waals surface area contributed by atoms with Crippen LogP contribution < -0.4 is 10.6 Å². The Kier molecular flexibility index (Phi) is 8.43. The van der Waals surface area contributed by atoms with Crippen molar-refractivity contribution in [3.8, 4) is 11.1 Å². The molecule has 0 heterocycles. The SMILES string of the molecule is CCC(CNC(=O)C(CCNC(=O)OCC1c2ccccc2-c2ccccc21)OC)C(=O)O. The summed E-state index contributed by atoms with van der Waals surface area (Å²) in [7, 11) is 1.39. The number of rotatable bonds is 11. The summed E-state index contributed by atoms with van der Waals surface area (Å²) < 4.78 is 10.7. The second kappa shape index (κ2) is 11.5. The molecule has 8 heteroatoms. The molecule has 0 radical (unpaired) electrons. The number of aliphatic carboxylic acids is 1. The van der Waals surface area contributed by atoms with Gasteiger partial charge in [0.15, 0.2) is 0 Å². The van der Waals surface area contributed by atoms with E-state index in [1.54, 1.807) is 6.92 Å². The largest absolute Gasteiger partial charge is 0.481 e. The second-order valence-electron chi connectivity index (χ2n) is 7.95. The van der Waals surface area contributed by atoms with E-state index in [9.17, 15) is 14.4 Å². The van der Waals surface area contributed by atoms with Gasteiger partial charge in [0.2, 0.25) is 5.91 Å². The van der Waals surface area contributed by atoms with Crippen LogP contribution in [0.1, 0.15) is 36.8 Å². The first-order valence-corrected chi connectivity index (χ1v) is 11.1.